The van der Waals surface area contributed by atoms with Crippen LogP contribution in [0.3, 0.4) is 0 Å². The number of hydrogen-bond donors (Lipinski definition) is 0. The summed E-state index contributed by atoms with van der Waals surface area (Å²) in [6.45, 7) is 5.17. The van der Waals surface area contributed by atoms with Gasteiger partial charge in [-0.05, 0) is 25.2 Å². The lowest BCUT2D eigenvalue weighted by Gasteiger charge is -2.32. The van der Waals surface area contributed by atoms with Crippen molar-refractivity contribution in [2.45, 2.75) is 39.0 Å². The molecule has 2 rings (SSSR count). The number of ether oxygens (including phenoxy) is 1. The van der Waals surface area contributed by atoms with E-state index in [-0.39, 0.29) is 5.92 Å². The lowest BCUT2D eigenvalue weighted by molar-refractivity contribution is -0.141. The molecule has 1 atom stereocenters. The van der Waals surface area contributed by atoms with E-state index in [9.17, 15) is 4.79 Å². The molecule has 1 aliphatic heterocycles. The van der Waals surface area contributed by atoms with Gasteiger partial charge in [-0.25, -0.2) is 0 Å². The van der Waals surface area contributed by atoms with Crippen LogP contribution in [0.2, 0.25) is 0 Å². The first-order chi connectivity index (χ1) is 7.83. The Bertz CT molecular complexity index is 230. The van der Waals surface area contributed by atoms with Crippen LogP contribution in [0.15, 0.2) is 0 Å². The Morgan fingerprint density at radius 1 is 1.31 bits per heavy atom. The Morgan fingerprint density at radius 2 is 1.94 bits per heavy atom. The van der Waals surface area contributed by atoms with Crippen LogP contribution in [0.5, 0.6) is 0 Å². The second kappa shape index (κ2) is 5.67. The Kier molecular flexibility index (Phi) is 4.22. The molecule has 16 heavy (non-hydrogen) atoms. The highest BCUT2D eigenvalue weighted by Gasteiger charge is 2.32. The highest BCUT2D eigenvalue weighted by atomic mass is 16.5. The summed E-state index contributed by atoms with van der Waals surface area (Å²) < 4.78 is 5.29. The Balaban J connectivity index is 1.93. The fraction of sp³-hybridized carbons (Fsp3) is 0.923. The highest BCUT2D eigenvalue weighted by Crippen LogP contribution is 2.34. The summed E-state index contributed by atoms with van der Waals surface area (Å²) in [4.78, 5) is 14.4. The summed E-state index contributed by atoms with van der Waals surface area (Å²) in [5.74, 6) is 1.32. The van der Waals surface area contributed by atoms with Crippen molar-refractivity contribution in [3.8, 4) is 0 Å². The molecule has 1 saturated heterocycles. The molecule has 1 amide bonds. The average Bonchev–Trinajstić information content (AvgIpc) is 2.85. The zero-order valence-corrected chi connectivity index (χ0v) is 10.3. The van der Waals surface area contributed by atoms with E-state index in [2.05, 4.69) is 6.92 Å². The minimum Gasteiger partial charge on any atom is -0.378 e. The quantitative estimate of drug-likeness (QED) is 0.736. The maximum absolute atomic E-state index is 12.4. The van der Waals surface area contributed by atoms with Gasteiger partial charge < -0.3 is 9.64 Å². The summed E-state index contributed by atoms with van der Waals surface area (Å²) in [6.07, 6.45) is 6.15. The Morgan fingerprint density at radius 3 is 2.50 bits per heavy atom. The van der Waals surface area contributed by atoms with E-state index in [1.54, 1.807) is 0 Å². The third-order valence-corrected chi connectivity index (χ3v) is 4.05. The molecular weight excluding hydrogens is 202 g/mol. The number of morpholine rings is 1. The molecule has 3 nitrogen and oxygen atoms in total. The zero-order valence-electron chi connectivity index (χ0n) is 10.3. The van der Waals surface area contributed by atoms with Gasteiger partial charge in [-0.1, -0.05) is 19.8 Å². The van der Waals surface area contributed by atoms with E-state index >= 15 is 0 Å². The fourth-order valence-electron chi connectivity index (χ4n) is 3.09. The van der Waals surface area contributed by atoms with Crippen LogP contribution in [0.4, 0.5) is 0 Å². The summed E-state index contributed by atoms with van der Waals surface area (Å²) in [7, 11) is 0. The van der Waals surface area contributed by atoms with Crippen molar-refractivity contribution in [2.75, 3.05) is 26.3 Å². The molecule has 1 saturated carbocycles. The molecule has 0 aromatic carbocycles. The van der Waals surface area contributed by atoms with Crippen LogP contribution < -0.4 is 0 Å². The van der Waals surface area contributed by atoms with Crippen LogP contribution in [0.25, 0.3) is 0 Å². The molecule has 2 fully saturated rings. The number of nitrogens with zero attached hydrogens (tertiary/aromatic N) is 1. The van der Waals surface area contributed by atoms with E-state index in [4.69, 9.17) is 4.74 Å². The average molecular weight is 225 g/mol. The van der Waals surface area contributed by atoms with Crippen LogP contribution in [-0.4, -0.2) is 37.1 Å². The first kappa shape index (κ1) is 11.9. The highest BCUT2D eigenvalue weighted by molar-refractivity contribution is 5.79. The van der Waals surface area contributed by atoms with Crippen molar-refractivity contribution in [3.05, 3.63) is 0 Å². The summed E-state index contributed by atoms with van der Waals surface area (Å²) >= 11 is 0. The Hall–Kier alpha value is -0.570. The maximum Gasteiger partial charge on any atom is 0.226 e. The second-order valence-electron chi connectivity index (χ2n) is 5.00. The number of carbonyl (C=O) groups excluding carboxylic acids is 1. The van der Waals surface area contributed by atoms with Gasteiger partial charge in [-0.15, -0.1) is 0 Å². The van der Waals surface area contributed by atoms with Crippen LogP contribution in [-0.2, 0) is 9.53 Å². The summed E-state index contributed by atoms with van der Waals surface area (Å²) in [5, 5.41) is 0. The van der Waals surface area contributed by atoms with E-state index in [0.717, 1.165) is 19.5 Å². The molecule has 0 aromatic heterocycles. The molecular formula is C13H23NO2. The molecule has 0 N–H and O–H groups in total. The predicted octanol–water partition coefficient (Wildman–Crippen LogP) is 2.06. The van der Waals surface area contributed by atoms with Gasteiger partial charge in [-0.3, -0.25) is 4.79 Å². The standard InChI is InChI=1S/C13H23NO2/c1-2-12(11-5-3-4-6-11)13(15)14-7-9-16-10-8-14/h11-12H,2-10H2,1H3/t12-/m0/s1. The molecule has 0 radical (unpaired) electrons. The van der Waals surface area contributed by atoms with Gasteiger partial charge >= 0.3 is 0 Å². The monoisotopic (exact) mass is 225 g/mol. The first-order valence-corrected chi connectivity index (χ1v) is 6.69. The molecule has 92 valence electrons. The topological polar surface area (TPSA) is 29.5 Å². The molecule has 0 aromatic rings. The van der Waals surface area contributed by atoms with Crippen molar-refractivity contribution in [2.24, 2.45) is 11.8 Å². The molecule has 2 aliphatic rings. The van der Waals surface area contributed by atoms with Crippen LogP contribution in [0, 0.1) is 11.8 Å². The summed E-state index contributed by atoms with van der Waals surface area (Å²) in [5.41, 5.74) is 0. The van der Waals surface area contributed by atoms with Gasteiger partial charge in [0, 0.05) is 19.0 Å². The van der Waals surface area contributed by atoms with Crippen molar-refractivity contribution < 1.29 is 9.53 Å². The van der Waals surface area contributed by atoms with Gasteiger partial charge in [0.05, 0.1) is 13.2 Å². The van der Waals surface area contributed by atoms with Gasteiger partial charge in [0.2, 0.25) is 5.91 Å². The van der Waals surface area contributed by atoms with Crippen molar-refractivity contribution >= 4 is 5.91 Å². The fourth-order valence-corrected chi connectivity index (χ4v) is 3.09. The molecule has 1 heterocycles. The van der Waals surface area contributed by atoms with Gasteiger partial charge in [0.15, 0.2) is 0 Å². The SMILES string of the molecule is CC[C@H](C(=O)N1CCOCC1)C1CCCC1. The second-order valence-corrected chi connectivity index (χ2v) is 5.00. The predicted molar refractivity (Wildman–Crippen MR) is 63.1 cm³/mol. The third kappa shape index (κ3) is 2.57. The van der Waals surface area contributed by atoms with Crippen LogP contribution >= 0.6 is 0 Å². The van der Waals surface area contributed by atoms with E-state index < -0.39 is 0 Å². The number of amides is 1. The minimum atomic E-state index is 0.278. The van der Waals surface area contributed by atoms with Gasteiger partial charge in [-0.2, -0.15) is 0 Å². The number of hydrogen-bond acceptors (Lipinski definition) is 2. The van der Waals surface area contributed by atoms with E-state index in [1.165, 1.54) is 25.7 Å². The third-order valence-electron chi connectivity index (χ3n) is 4.05. The smallest absolute Gasteiger partial charge is 0.226 e. The molecule has 1 aliphatic carbocycles. The van der Waals surface area contributed by atoms with Gasteiger partial charge in [0.25, 0.3) is 0 Å². The van der Waals surface area contributed by atoms with Crippen molar-refractivity contribution in [3.63, 3.8) is 0 Å². The van der Waals surface area contributed by atoms with Crippen LogP contribution in [0.1, 0.15) is 39.0 Å². The lowest BCUT2D eigenvalue weighted by atomic mass is 9.87. The number of carbonyl (C=O) groups is 1. The zero-order chi connectivity index (χ0) is 11.4. The molecule has 0 spiro atoms. The van der Waals surface area contributed by atoms with Crippen molar-refractivity contribution in [1.29, 1.82) is 0 Å². The minimum absolute atomic E-state index is 0.278. The Labute approximate surface area is 98.1 Å². The molecule has 0 bridgehead atoms. The molecule has 0 unspecified atom stereocenters. The van der Waals surface area contributed by atoms with Crippen molar-refractivity contribution in [1.82, 2.24) is 4.90 Å². The van der Waals surface area contributed by atoms with Gasteiger partial charge in [0.1, 0.15) is 0 Å². The summed E-state index contributed by atoms with van der Waals surface area (Å²) in [6, 6.07) is 0. The normalized spacial score (nSPS) is 24.7. The first-order valence-electron chi connectivity index (χ1n) is 6.69. The van der Waals surface area contributed by atoms with E-state index in [0.29, 0.717) is 25.0 Å². The lowest BCUT2D eigenvalue weighted by Crippen LogP contribution is -2.45. The van der Waals surface area contributed by atoms with E-state index in [1.807, 2.05) is 4.90 Å². The molecule has 3 heteroatoms. The number of rotatable bonds is 3. The largest absolute Gasteiger partial charge is 0.378 e. The maximum atomic E-state index is 12.4.